The number of nitrogens with two attached hydrogens (primary N) is 1. The van der Waals surface area contributed by atoms with Crippen molar-refractivity contribution < 1.29 is 4.39 Å². The summed E-state index contributed by atoms with van der Waals surface area (Å²) in [5.74, 6) is 0.452. The first-order valence-corrected chi connectivity index (χ1v) is 4.68. The average molecular weight is 210 g/mol. The first-order valence-electron chi connectivity index (χ1n) is 4.68. The van der Waals surface area contributed by atoms with Crippen LogP contribution >= 0.6 is 0 Å². The standard InChI is InChI=1S/C10H15FN4/c1-7(5-9(12)13)15(2)10-4-3-8(11)6-14-10/h3-4,6-7H,5H2,1-2H3,(H3,12,13). The van der Waals surface area contributed by atoms with E-state index in [-0.39, 0.29) is 17.7 Å². The molecule has 4 nitrogen and oxygen atoms in total. The van der Waals surface area contributed by atoms with Gasteiger partial charge in [0, 0.05) is 19.5 Å². The van der Waals surface area contributed by atoms with Crippen LogP contribution in [0.1, 0.15) is 13.3 Å². The maximum absolute atomic E-state index is 12.6. The summed E-state index contributed by atoms with van der Waals surface area (Å²) in [5, 5.41) is 7.19. The van der Waals surface area contributed by atoms with Gasteiger partial charge >= 0.3 is 0 Å². The second-order valence-electron chi connectivity index (χ2n) is 3.52. The van der Waals surface area contributed by atoms with E-state index in [9.17, 15) is 4.39 Å². The first-order chi connectivity index (χ1) is 7.00. The van der Waals surface area contributed by atoms with E-state index in [0.29, 0.717) is 12.2 Å². The van der Waals surface area contributed by atoms with Gasteiger partial charge in [0.15, 0.2) is 0 Å². The molecule has 0 radical (unpaired) electrons. The van der Waals surface area contributed by atoms with Gasteiger partial charge in [-0.1, -0.05) is 0 Å². The van der Waals surface area contributed by atoms with E-state index in [1.807, 2.05) is 18.9 Å². The molecule has 1 atom stereocenters. The molecule has 1 heterocycles. The molecule has 1 unspecified atom stereocenters. The van der Waals surface area contributed by atoms with E-state index in [1.54, 1.807) is 6.07 Å². The van der Waals surface area contributed by atoms with Gasteiger partial charge < -0.3 is 10.6 Å². The monoisotopic (exact) mass is 210 g/mol. The molecule has 0 spiro atoms. The maximum atomic E-state index is 12.6. The fourth-order valence-electron chi connectivity index (χ4n) is 1.26. The van der Waals surface area contributed by atoms with Crippen molar-refractivity contribution in [3.05, 3.63) is 24.1 Å². The summed E-state index contributed by atoms with van der Waals surface area (Å²) >= 11 is 0. The number of aromatic nitrogens is 1. The average Bonchev–Trinajstić information content (AvgIpc) is 2.17. The molecular formula is C10H15FN4. The summed E-state index contributed by atoms with van der Waals surface area (Å²) in [7, 11) is 1.84. The summed E-state index contributed by atoms with van der Waals surface area (Å²) in [4.78, 5) is 5.81. The van der Waals surface area contributed by atoms with E-state index in [4.69, 9.17) is 11.1 Å². The van der Waals surface area contributed by atoms with Crippen molar-refractivity contribution in [2.75, 3.05) is 11.9 Å². The van der Waals surface area contributed by atoms with Gasteiger partial charge in [-0.3, -0.25) is 5.41 Å². The molecule has 15 heavy (non-hydrogen) atoms. The van der Waals surface area contributed by atoms with Crippen LogP contribution < -0.4 is 10.6 Å². The molecule has 1 rings (SSSR count). The minimum atomic E-state index is -0.355. The van der Waals surface area contributed by atoms with Crippen LogP contribution in [0.2, 0.25) is 0 Å². The third-order valence-corrected chi connectivity index (χ3v) is 2.25. The third kappa shape index (κ3) is 3.19. The minimum absolute atomic E-state index is 0.0699. The smallest absolute Gasteiger partial charge is 0.141 e. The molecular weight excluding hydrogens is 195 g/mol. The molecule has 1 aromatic rings. The highest BCUT2D eigenvalue weighted by Crippen LogP contribution is 2.13. The van der Waals surface area contributed by atoms with E-state index in [2.05, 4.69) is 4.98 Å². The van der Waals surface area contributed by atoms with Gasteiger partial charge in [-0.05, 0) is 19.1 Å². The zero-order valence-corrected chi connectivity index (χ0v) is 8.87. The molecule has 5 heteroatoms. The van der Waals surface area contributed by atoms with Crippen molar-refractivity contribution in [3.63, 3.8) is 0 Å². The van der Waals surface area contributed by atoms with Crippen LogP contribution in [0.25, 0.3) is 0 Å². The van der Waals surface area contributed by atoms with Crippen LogP contribution in [0.4, 0.5) is 10.2 Å². The Kier molecular flexibility index (Phi) is 3.60. The quantitative estimate of drug-likeness (QED) is 0.582. The molecule has 0 fully saturated rings. The van der Waals surface area contributed by atoms with Crippen molar-refractivity contribution in [3.8, 4) is 0 Å². The number of nitrogens with zero attached hydrogens (tertiary/aromatic N) is 2. The van der Waals surface area contributed by atoms with Gasteiger partial charge in [-0.25, -0.2) is 9.37 Å². The molecule has 3 N–H and O–H groups in total. The van der Waals surface area contributed by atoms with Crippen LogP contribution in [0, 0.1) is 11.2 Å². The van der Waals surface area contributed by atoms with Gasteiger partial charge in [0.25, 0.3) is 0 Å². The number of halogens is 1. The summed E-state index contributed by atoms with van der Waals surface area (Å²) in [6.45, 7) is 1.94. The third-order valence-electron chi connectivity index (χ3n) is 2.25. The first kappa shape index (κ1) is 11.4. The topological polar surface area (TPSA) is 66.0 Å². The van der Waals surface area contributed by atoms with Crippen LogP contribution in [0.3, 0.4) is 0 Å². The molecule has 0 aromatic carbocycles. The molecule has 0 saturated heterocycles. The van der Waals surface area contributed by atoms with Crippen molar-refractivity contribution >= 4 is 11.7 Å². The highest BCUT2D eigenvalue weighted by molar-refractivity contribution is 5.77. The number of pyridine rings is 1. The fourth-order valence-corrected chi connectivity index (χ4v) is 1.26. The Labute approximate surface area is 88.4 Å². The van der Waals surface area contributed by atoms with E-state index in [0.717, 1.165) is 0 Å². The molecule has 1 aromatic heterocycles. The minimum Gasteiger partial charge on any atom is -0.388 e. The Bertz CT molecular complexity index is 336. The van der Waals surface area contributed by atoms with Gasteiger partial charge in [-0.15, -0.1) is 0 Å². The second-order valence-corrected chi connectivity index (χ2v) is 3.52. The Morgan fingerprint density at radius 1 is 1.67 bits per heavy atom. The largest absolute Gasteiger partial charge is 0.388 e. The summed E-state index contributed by atoms with van der Waals surface area (Å²) < 4.78 is 12.6. The zero-order valence-electron chi connectivity index (χ0n) is 8.87. The molecule has 0 saturated carbocycles. The number of amidine groups is 1. The van der Waals surface area contributed by atoms with E-state index in [1.165, 1.54) is 12.3 Å². The summed E-state index contributed by atoms with van der Waals surface area (Å²) in [6.07, 6.45) is 1.64. The van der Waals surface area contributed by atoms with Gasteiger partial charge in [0.1, 0.15) is 11.6 Å². The van der Waals surface area contributed by atoms with Crippen LogP contribution in [-0.4, -0.2) is 23.9 Å². The van der Waals surface area contributed by atoms with Crippen molar-refractivity contribution in [2.24, 2.45) is 5.73 Å². The number of rotatable bonds is 4. The molecule has 0 aliphatic heterocycles. The maximum Gasteiger partial charge on any atom is 0.141 e. The molecule has 0 aliphatic rings. The van der Waals surface area contributed by atoms with Crippen molar-refractivity contribution in [2.45, 2.75) is 19.4 Å². The highest BCUT2D eigenvalue weighted by Gasteiger charge is 2.11. The Morgan fingerprint density at radius 3 is 2.80 bits per heavy atom. The normalized spacial score (nSPS) is 12.2. The van der Waals surface area contributed by atoms with Gasteiger partial charge in [0.05, 0.1) is 12.0 Å². The van der Waals surface area contributed by atoms with Crippen molar-refractivity contribution in [1.82, 2.24) is 4.98 Å². The van der Waals surface area contributed by atoms with Gasteiger partial charge in [0.2, 0.25) is 0 Å². The van der Waals surface area contributed by atoms with Crippen LogP contribution in [0.5, 0.6) is 0 Å². The van der Waals surface area contributed by atoms with Crippen LogP contribution in [0.15, 0.2) is 18.3 Å². The number of anilines is 1. The number of nitrogens with one attached hydrogen (secondary N) is 1. The second kappa shape index (κ2) is 4.72. The summed E-state index contributed by atoms with van der Waals surface area (Å²) in [5.41, 5.74) is 5.31. The number of hydrogen-bond donors (Lipinski definition) is 2. The lowest BCUT2D eigenvalue weighted by Gasteiger charge is -2.25. The summed E-state index contributed by atoms with van der Waals surface area (Å²) in [6, 6.07) is 3.03. The highest BCUT2D eigenvalue weighted by atomic mass is 19.1. The zero-order chi connectivity index (χ0) is 11.4. The lowest BCUT2D eigenvalue weighted by atomic mass is 10.2. The number of hydrogen-bond acceptors (Lipinski definition) is 3. The Morgan fingerprint density at radius 2 is 2.33 bits per heavy atom. The molecule has 0 amide bonds. The SMILES string of the molecule is CC(CC(=N)N)N(C)c1ccc(F)cn1. The lowest BCUT2D eigenvalue weighted by Crippen LogP contribution is -2.33. The Hall–Kier alpha value is -1.65. The van der Waals surface area contributed by atoms with Crippen LogP contribution in [-0.2, 0) is 0 Å². The van der Waals surface area contributed by atoms with Gasteiger partial charge in [-0.2, -0.15) is 0 Å². The lowest BCUT2D eigenvalue weighted by molar-refractivity contribution is 0.618. The molecule has 82 valence electrons. The predicted octanol–water partition coefficient (Wildman–Crippen LogP) is 1.37. The predicted molar refractivity (Wildman–Crippen MR) is 58.6 cm³/mol. The fraction of sp³-hybridized carbons (Fsp3) is 0.400. The van der Waals surface area contributed by atoms with E-state index < -0.39 is 0 Å². The molecule has 0 aliphatic carbocycles. The van der Waals surface area contributed by atoms with Crippen molar-refractivity contribution in [1.29, 1.82) is 5.41 Å². The Balaban J connectivity index is 2.71. The molecule has 0 bridgehead atoms. The van der Waals surface area contributed by atoms with E-state index >= 15 is 0 Å².